The van der Waals surface area contributed by atoms with Crippen LogP contribution in [0.2, 0.25) is 0 Å². The molecule has 1 aromatic carbocycles. The Hall–Kier alpha value is -2.63. The number of rotatable bonds is 2. The number of phenolic OH excluding ortho intramolecular Hbond substituents is 2. The average Bonchev–Trinajstić information content (AvgIpc) is 3.06. The molecule has 0 aliphatic heterocycles. The molecule has 0 spiro atoms. The molecule has 3 saturated carbocycles. The number of fused-ring (bicyclic) bond motifs is 5. The minimum atomic E-state index is -0.549. The predicted octanol–water partition coefficient (Wildman–Crippen LogP) is 4.33. The highest BCUT2D eigenvalue weighted by molar-refractivity contribution is 5.97. The number of allylic oxidation sites excluding steroid dienone is 1. The Morgan fingerprint density at radius 1 is 1.00 bits per heavy atom. The Balaban J connectivity index is 1.36. The molecule has 170 valence electrons. The van der Waals surface area contributed by atoms with Crippen molar-refractivity contribution in [1.29, 1.82) is 0 Å². The number of Topliss-reactive ketones (excluding diaryl/α,β-unsaturated/α-hetero) is 1. The highest BCUT2D eigenvalue weighted by atomic mass is 16.5. The van der Waals surface area contributed by atoms with E-state index in [0.29, 0.717) is 25.0 Å². The van der Waals surface area contributed by atoms with Crippen LogP contribution in [0.5, 0.6) is 11.5 Å². The summed E-state index contributed by atoms with van der Waals surface area (Å²) in [6.07, 6.45) is 6.70. The van der Waals surface area contributed by atoms with Crippen LogP contribution in [0.25, 0.3) is 0 Å². The first kappa shape index (κ1) is 21.2. The summed E-state index contributed by atoms with van der Waals surface area (Å²) in [5, 5.41) is 19.1. The van der Waals surface area contributed by atoms with Crippen LogP contribution in [0.3, 0.4) is 0 Å². The van der Waals surface area contributed by atoms with Crippen LogP contribution in [0, 0.1) is 28.6 Å². The van der Waals surface area contributed by atoms with E-state index in [1.807, 2.05) is 0 Å². The second-order valence-corrected chi connectivity index (χ2v) is 10.6. The van der Waals surface area contributed by atoms with E-state index in [1.54, 1.807) is 6.08 Å². The minimum absolute atomic E-state index is 0.0759. The molecule has 32 heavy (non-hydrogen) atoms. The molecule has 0 bridgehead atoms. The maximum absolute atomic E-state index is 13.3. The van der Waals surface area contributed by atoms with Crippen molar-refractivity contribution in [2.45, 2.75) is 64.9 Å². The molecule has 6 heteroatoms. The van der Waals surface area contributed by atoms with Gasteiger partial charge in [0.15, 0.2) is 17.3 Å². The van der Waals surface area contributed by atoms with Gasteiger partial charge >= 0.3 is 5.97 Å². The lowest BCUT2D eigenvalue weighted by Crippen LogP contribution is -2.53. The Labute approximate surface area is 187 Å². The molecule has 4 aliphatic carbocycles. The van der Waals surface area contributed by atoms with Crippen LogP contribution >= 0.6 is 0 Å². The van der Waals surface area contributed by atoms with E-state index in [2.05, 4.69) is 13.8 Å². The number of ether oxygens (including phenoxy) is 1. The van der Waals surface area contributed by atoms with Crippen molar-refractivity contribution >= 4 is 17.5 Å². The standard InChI is InChI=1S/C26H30O6/c1-25-9-7-16(32-24(31)14-3-5-19(27)20(28)11-14)12-15(25)13-21(29)23-17-4-6-22(30)26(17,2)10-8-18(23)25/h3,5,11,13,16-18,23,27-28H,4,6-10,12H2,1-2H3/t16-,17?,18?,23?,25-,26-/m0/s1. The Morgan fingerprint density at radius 2 is 1.72 bits per heavy atom. The lowest BCUT2D eigenvalue weighted by Gasteiger charge is -2.56. The van der Waals surface area contributed by atoms with E-state index >= 15 is 0 Å². The normalized spacial score (nSPS) is 38.4. The van der Waals surface area contributed by atoms with Crippen LogP contribution in [0.4, 0.5) is 0 Å². The number of esters is 1. The molecule has 0 aromatic heterocycles. The van der Waals surface area contributed by atoms with Crippen molar-refractivity contribution in [2.24, 2.45) is 28.6 Å². The highest BCUT2D eigenvalue weighted by Gasteiger charge is 2.61. The van der Waals surface area contributed by atoms with Crippen LogP contribution < -0.4 is 0 Å². The maximum atomic E-state index is 13.3. The summed E-state index contributed by atoms with van der Waals surface area (Å²) in [6, 6.07) is 3.87. The second-order valence-electron chi connectivity index (χ2n) is 10.6. The predicted molar refractivity (Wildman–Crippen MR) is 116 cm³/mol. The fraction of sp³-hybridized carbons (Fsp3) is 0.577. The maximum Gasteiger partial charge on any atom is 0.338 e. The Morgan fingerprint density at radius 3 is 2.47 bits per heavy atom. The molecule has 6 atom stereocenters. The van der Waals surface area contributed by atoms with Crippen LogP contribution in [0.1, 0.15) is 69.2 Å². The molecule has 0 heterocycles. The highest BCUT2D eigenvalue weighted by Crippen LogP contribution is 2.63. The van der Waals surface area contributed by atoms with E-state index in [-0.39, 0.29) is 57.5 Å². The number of carbonyl (C=O) groups is 3. The molecule has 1 aromatic rings. The smallest absolute Gasteiger partial charge is 0.338 e. The molecule has 0 saturated heterocycles. The summed E-state index contributed by atoms with van der Waals surface area (Å²) in [7, 11) is 0. The van der Waals surface area contributed by atoms with Gasteiger partial charge in [-0.2, -0.15) is 0 Å². The third kappa shape index (κ3) is 3.02. The number of aromatic hydroxyl groups is 2. The monoisotopic (exact) mass is 438 g/mol. The minimum Gasteiger partial charge on any atom is -0.504 e. The largest absolute Gasteiger partial charge is 0.504 e. The summed E-state index contributed by atoms with van der Waals surface area (Å²) in [5.41, 5.74) is 0.792. The van der Waals surface area contributed by atoms with Crippen molar-refractivity contribution in [2.75, 3.05) is 0 Å². The zero-order chi connectivity index (χ0) is 22.8. The molecule has 3 fully saturated rings. The Kier molecular flexibility index (Phi) is 4.77. The van der Waals surface area contributed by atoms with Gasteiger partial charge < -0.3 is 14.9 Å². The molecule has 4 aliphatic rings. The average molecular weight is 439 g/mol. The van der Waals surface area contributed by atoms with Gasteiger partial charge in [0, 0.05) is 24.2 Å². The van der Waals surface area contributed by atoms with Crippen LogP contribution in [0.15, 0.2) is 29.8 Å². The van der Waals surface area contributed by atoms with Gasteiger partial charge in [-0.25, -0.2) is 4.79 Å². The summed E-state index contributed by atoms with van der Waals surface area (Å²) in [6.45, 7) is 4.31. The first-order chi connectivity index (χ1) is 15.1. The first-order valence-corrected chi connectivity index (χ1v) is 11.6. The van der Waals surface area contributed by atoms with Gasteiger partial charge in [0.2, 0.25) is 0 Å². The van der Waals surface area contributed by atoms with Gasteiger partial charge in [0.25, 0.3) is 0 Å². The summed E-state index contributed by atoms with van der Waals surface area (Å²) >= 11 is 0. The van der Waals surface area contributed by atoms with Gasteiger partial charge in [0.05, 0.1) is 5.56 Å². The zero-order valence-corrected chi connectivity index (χ0v) is 18.6. The number of ketones is 2. The molecular weight excluding hydrogens is 408 g/mol. The lowest BCUT2D eigenvalue weighted by atomic mass is 9.48. The fourth-order valence-electron chi connectivity index (χ4n) is 7.11. The van der Waals surface area contributed by atoms with Gasteiger partial charge in [-0.3, -0.25) is 9.59 Å². The van der Waals surface area contributed by atoms with E-state index in [0.717, 1.165) is 31.3 Å². The van der Waals surface area contributed by atoms with E-state index in [4.69, 9.17) is 4.74 Å². The number of benzene rings is 1. The van der Waals surface area contributed by atoms with Crippen molar-refractivity contribution in [3.8, 4) is 11.5 Å². The molecule has 0 radical (unpaired) electrons. The molecule has 3 unspecified atom stereocenters. The van der Waals surface area contributed by atoms with Crippen molar-refractivity contribution < 1.29 is 29.3 Å². The number of carbonyl (C=O) groups excluding carboxylic acids is 3. The van der Waals surface area contributed by atoms with Crippen molar-refractivity contribution in [3.63, 3.8) is 0 Å². The zero-order valence-electron chi connectivity index (χ0n) is 18.6. The first-order valence-electron chi connectivity index (χ1n) is 11.6. The quantitative estimate of drug-likeness (QED) is 0.526. The number of phenols is 2. The van der Waals surface area contributed by atoms with Gasteiger partial charge in [0.1, 0.15) is 11.9 Å². The van der Waals surface area contributed by atoms with Crippen LogP contribution in [-0.2, 0) is 14.3 Å². The number of hydrogen-bond donors (Lipinski definition) is 2. The van der Waals surface area contributed by atoms with E-state index in [9.17, 15) is 24.6 Å². The second kappa shape index (κ2) is 7.19. The van der Waals surface area contributed by atoms with Crippen molar-refractivity contribution in [1.82, 2.24) is 0 Å². The van der Waals surface area contributed by atoms with Gasteiger partial charge in [-0.15, -0.1) is 0 Å². The van der Waals surface area contributed by atoms with E-state index in [1.165, 1.54) is 18.2 Å². The molecule has 2 N–H and O–H groups in total. The third-order valence-corrected chi connectivity index (χ3v) is 9.09. The topological polar surface area (TPSA) is 101 Å². The summed E-state index contributed by atoms with van der Waals surface area (Å²) in [4.78, 5) is 38.4. The fourth-order valence-corrected chi connectivity index (χ4v) is 7.11. The molecule has 0 amide bonds. The molecular formula is C26H30O6. The van der Waals surface area contributed by atoms with E-state index < -0.39 is 5.97 Å². The van der Waals surface area contributed by atoms with Gasteiger partial charge in [-0.1, -0.05) is 19.4 Å². The summed E-state index contributed by atoms with van der Waals surface area (Å²) in [5.74, 6) is -0.424. The number of hydrogen-bond acceptors (Lipinski definition) is 6. The SMILES string of the molecule is C[C@]12CC[C@H](OC(=O)c3ccc(O)c(O)c3)CC1=CC(=O)C1C2CC[C@]2(C)C(=O)CCC12. The van der Waals surface area contributed by atoms with Crippen LogP contribution in [-0.4, -0.2) is 33.9 Å². The van der Waals surface area contributed by atoms with Gasteiger partial charge in [-0.05, 0) is 73.6 Å². The molecule has 5 rings (SSSR count). The lowest BCUT2D eigenvalue weighted by molar-refractivity contribution is -0.139. The summed E-state index contributed by atoms with van der Waals surface area (Å²) < 4.78 is 5.71. The molecule has 6 nitrogen and oxygen atoms in total. The van der Waals surface area contributed by atoms with Crippen molar-refractivity contribution in [3.05, 3.63) is 35.4 Å². The third-order valence-electron chi connectivity index (χ3n) is 9.09. The Bertz CT molecular complexity index is 1040.